The number of aromatic nitrogens is 2. The summed E-state index contributed by atoms with van der Waals surface area (Å²) in [5.41, 5.74) is 1.32. The first kappa shape index (κ1) is 15.1. The Bertz CT molecular complexity index is 608. The molecule has 118 valence electrons. The van der Waals surface area contributed by atoms with E-state index in [-0.39, 0.29) is 0 Å². The van der Waals surface area contributed by atoms with Gasteiger partial charge in [-0.05, 0) is 44.0 Å². The lowest BCUT2D eigenvalue weighted by molar-refractivity contribution is 0.194. The summed E-state index contributed by atoms with van der Waals surface area (Å²) in [7, 11) is 1.72. The predicted octanol–water partition coefficient (Wildman–Crippen LogP) is 3.29. The Morgan fingerprint density at radius 1 is 1.36 bits per heavy atom. The third-order valence-corrected chi connectivity index (χ3v) is 4.50. The number of aryl methyl sites for hydroxylation is 1. The fourth-order valence-corrected chi connectivity index (χ4v) is 3.39. The van der Waals surface area contributed by atoms with E-state index in [9.17, 15) is 0 Å². The van der Waals surface area contributed by atoms with Gasteiger partial charge in [-0.1, -0.05) is 12.1 Å². The van der Waals surface area contributed by atoms with Crippen molar-refractivity contribution in [2.75, 3.05) is 20.2 Å². The standard InChI is InChI=1S/C18H25N3O/c1-3-21-11-9-19-18(21)16-7-5-10-20(14-16)13-15-6-4-8-17(12-15)22-2/h4,6,8-9,11-12,16H,3,5,7,10,13-14H2,1-2H3/t16-/m1/s1. The van der Waals surface area contributed by atoms with Crippen molar-refractivity contribution < 1.29 is 4.74 Å². The molecule has 2 aromatic rings. The maximum Gasteiger partial charge on any atom is 0.119 e. The molecule has 1 fully saturated rings. The van der Waals surface area contributed by atoms with E-state index in [4.69, 9.17) is 4.74 Å². The first-order valence-electron chi connectivity index (χ1n) is 8.16. The molecule has 4 heteroatoms. The number of likely N-dealkylation sites (tertiary alicyclic amines) is 1. The van der Waals surface area contributed by atoms with Gasteiger partial charge in [0.05, 0.1) is 7.11 Å². The number of piperidine rings is 1. The van der Waals surface area contributed by atoms with E-state index in [1.807, 2.05) is 12.3 Å². The molecule has 0 unspecified atom stereocenters. The van der Waals surface area contributed by atoms with Crippen LogP contribution in [0.3, 0.4) is 0 Å². The Morgan fingerprint density at radius 3 is 3.09 bits per heavy atom. The summed E-state index contributed by atoms with van der Waals surface area (Å²) in [6, 6.07) is 8.38. The van der Waals surface area contributed by atoms with Crippen molar-refractivity contribution >= 4 is 0 Å². The molecule has 0 aliphatic carbocycles. The number of hydrogen-bond donors (Lipinski definition) is 0. The zero-order valence-electron chi connectivity index (χ0n) is 13.5. The molecule has 1 aliphatic rings. The summed E-state index contributed by atoms with van der Waals surface area (Å²) in [5.74, 6) is 2.74. The third kappa shape index (κ3) is 3.33. The maximum absolute atomic E-state index is 5.32. The molecule has 1 atom stereocenters. The molecule has 0 N–H and O–H groups in total. The van der Waals surface area contributed by atoms with E-state index < -0.39 is 0 Å². The van der Waals surface area contributed by atoms with Crippen molar-refractivity contribution in [3.8, 4) is 5.75 Å². The van der Waals surface area contributed by atoms with Crippen LogP contribution >= 0.6 is 0 Å². The normalized spacial score (nSPS) is 19.3. The van der Waals surface area contributed by atoms with Gasteiger partial charge in [-0.15, -0.1) is 0 Å². The van der Waals surface area contributed by atoms with Gasteiger partial charge in [-0.3, -0.25) is 4.90 Å². The highest BCUT2D eigenvalue weighted by atomic mass is 16.5. The third-order valence-electron chi connectivity index (χ3n) is 4.50. The fourth-order valence-electron chi connectivity index (χ4n) is 3.39. The van der Waals surface area contributed by atoms with Crippen LogP contribution in [0.25, 0.3) is 0 Å². The molecule has 1 saturated heterocycles. The zero-order valence-corrected chi connectivity index (χ0v) is 13.5. The first-order valence-corrected chi connectivity index (χ1v) is 8.16. The van der Waals surface area contributed by atoms with Crippen molar-refractivity contribution in [1.82, 2.24) is 14.5 Å². The summed E-state index contributed by atoms with van der Waals surface area (Å²) in [4.78, 5) is 7.14. The van der Waals surface area contributed by atoms with Gasteiger partial charge in [0.1, 0.15) is 11.6 Å². The second-order valence-corrected chi connectivity index (χ2v) is 6.00. The Labute approximate surface area is 132 Å². The number of methoxy groups -OCH3 is 1. The highest BCUT2D eigenvalue weighted by Crippen LogP contribution is 2.27. The second-order valence-electron chi connectivity index (χ2n) is 6.00. The molecule has 3 rings (SSSR count). The lowest BCUT2D eigenvalue weighted by Crippen LogP contribution is -2.34. The van der Waals surface area contributed by atoms with Crippen molar-refractivity contribution in [3.05, 3.63) is 48.0 Å². The summed E-state index contributed by atoms with van der Waals surface area (Å²) in [6.45, 7) is 6.43. The number of imidazole rings is 1. The van der Waals surface area contributed by atoms with Gasteiger partial charge >= 0.3 is 0 Å². The smallest absolute Gasteiger partial charge is 0.119 e. The Kier molecular flexibility index (Phi) is 4.78. The molecule has 4 nitrogen and oxygen atoms in total. The van der Waals surface area contributed by atoms with Crippen LogP contribution in [0.2, 0.25) is 0 Å². The van der Waals surface area contributed by atoms with Crippen LogP contribution in [0, 0.1) is 0 Å². The minimum absolute atomic E-state index is 0.550. The quantitative estimate of drug-likeness (QED) is 0.848. The summed E-state index contributed by atoms with van der Waals surface area (Å²) in [5, 5.41) is 0. The van der Waals surface area contributed by atoms with Gasteiger partial charge in [0, 0.05) is 37.9 Å². The van der Waals surface area contributed by atoms with Crippen molar-refractivity contribution in [1.29, 1.82) is 0 Å². The van der Waals surface area contributed by atoms with E-state index in [1.54, 1.807) is 7.11 Å². The Morgan fingerprint density at radius 2 is 2.27 bits per heavy atom. The van der Waals surface area contributed by atoms with Gasteiger partial charge in [-0.2, -0.15) is 0 Å². The predicted molar refractivity (Wildman–Crippen MR) is 88.1 cm³/mol. The van der Waals surface area contributed by atoms with Gasteiger partial charge < -0.3 is 9.30 Å². The highest BCUT2D eigenvalue weighted by molar-refractivity contribution is 5.28. The minimum Gasteiger partial charge on any atom is -0.497 e. The number of benzene rings is 1. The molecule has 0 amide bonds. The van der Waals surface area contributed by atoms with Gasteiger partial charge in [0.2, 0.25) is 0 Å². The van der Waals surface area contributed by atoms with Crippen LogP contribution in [0.5, 0.6) is 5.75 Å². The van der Waals surface area contributed by atoms with E-state index in [0.29, 0.717) is 5.92 Å². The van der Waals surface area contributed by atoms with E-state index in [1.165, 1.54) is 30.8 Å². The molecule has 0 spiro atoms. The fraction of sp³-hybridized carbons (Fsp3) is 0.500. The molecule has 0 bridgehead atoms. The van der Waals surface area contributed by atoms with Gasteiger partial charge in [0.15, 0.2) is 0 Å². The van der Waals surface area contributed by atoms with Crippen LogP contribution in [0.1, 0.15) is 37.1 Å². The lowest BCUT2D eigenvalue weighted by atomic mass is 9.96. The number of ether oxygens (including phenoxy) is 1. The summed E-state index contributed by atoms with van der Waals surface area (Å²) in [6.07, 6.45) is 6.51. The van der Waals surface area contributed by atoms with Gasteiger partial charge in [-0.25, -0.2) is 4.98 Å². The summed E-state index contributed by atoms with van der Waals surface area (Å²) < 4.78 is 7.60. The van der Waals surface area contributed by atoms with Crippen LogP contribution in [-0.4, -0.2) is 34.7 Å². The topological polar surface area (TPSA) is 30.3 Å². The number of nitrogens with zero attached hydrogens (tertiary/aromatic N) is 3. The zero-order chi connectivity index (χ0) is 15.4. The van der Waals surface area contributed by atoms with Crippen LogP contribution < -0.4 is 4.74 Å². The minimum atomic E-state index is 0.550. The van der Waals surface area contributed by atoms with Crippen molar-refractivity contribution in [2.24, 2.45) is 0 Å². The van der Waals surface area contributed by atoms with Gasteiger partial charge in [0.25, 0.3) is 0 Å². The van der Waals surface area contributed by atoms with Crippen LogP contribution in [-0.2, 0) is 13.1 Å². The maximum atomic E-state index is 5.32. The highest BCUT2D eigenvalue weighted by Gasteiger charge is 2.24. The van der Waals surface area contributed by atoms with Crippen LogP contribution in [0.15, 0.2) is 36.7 Å². The monoisotopic (exact) mass is 299 g/mol. The molecule has 22 heavy (non-hydrogen) atoms. The average molecular weight is 299 g/mol. The molecule has 1 aromatic heterocycles. The molecule has 2 heterocycles. The van der Waals surface area contributed by atoms with E-state index >= 15 is 0 Å². The molecule has 0 saturated carbocycles. The summed E-state index contributed by atoms with van der Waals surface area (Å²) >= 11 is 0. The number of rotatable bonds is 5. The molecule has 1 aromatic carbocycles. The molecular formula is C18H25N3O. The lowest BCUT2D eigenvalue weighted by Gasteiger charge is -2.32. The largest absolute Gasteiger partial charge is 0.497 e. The SMILES string of the molecule is CCn1ccnc1[C@@H]1CCCN(Cc2cccc(OC)c2)C1. The second kappa shape index (κ2) is 6.97. The average Bonchev–Trinajstić information content (AvgIpc) is 3.04. The Hall–Kier alpha value is -1.81. The Balaban J connectivity index is 1.68. The van der Waals surface area contributed by atoms with Crippen molar-refractivity contribution in [3.63, 3.8) is 0 Å². The van der Waals surface area contributed by atoms with Crippen molar-refractivity contribution in [2.45, 2.75) is 38.8 Å². The molecule has 0 radical (unpaired) electrons. The first-order chi connectivity index (χ1) is 10.8. The van der Waals surface area contributed by atoms with E-state index in [0.717, 1.165) is 25.4 Å². The number of hydrogen-bond acceptors (Lipinski definition) is 3. The molecular weight excluding hydrogens is 274 g/mol. The molecule has 1 aliphatic heterocycles. The van der Waals surface area contributed by atoms with Crippen LogP contribution in [0.4, 0.5) is 0 Å². The van der Waals surface area contributed by atoms with E-state index in [2.05, 4.69) is 45.8 Å².